The average molecular weight is 255 g/mol. The number of esters is 1. The molecular formula is C9H7BrN2O2. The van der Waals surface area contributed by atoms with Crippen molar-refractivity contribution in [2.75, 3.05) is 6.61 Å². The normalized spacial score (nSPS) is 9.21. The molecule has 0 fully saturated rings. The van der Waals surface area contributed by atoms with Crippen LogP contribution in [0.5, 0.6) is 0 Å². The molecule has 0 aliphatic heterocycles. The van der Waals surface area contributed by atoms with Crippen molar-refractivity contribution in [3.8, 4) is 6.07 Å². The molecule has 0 amide bonds. The standard InChI is InChI=1S/C9H7BrN2O2/c1-2-14-9(13)8-6(5-11)7(10)3-4-12-8/h3-4H,2H2,1H3. The monoisotopic (exact) mass is 254 g/mol. The number of hydrogen-bond donors (Lipinski definition) is 0. The maximum atomic E-state index is 11.3. The molecule has 0 radical (unpaired) electrons. The molecule has 5 heteroatoms. The smallest absolute Gasteiger partial charge is 0.358 e. The van der Waals surface area contributed by atoms with E-state index < -0.39 is 5.97 Å². The number of carbonyl (C=O) groups is 1. The summed E-state index contributed by atoms with van der Waals surface area (Å²) in [5, 5.41) is 8.79. The molecule has 14 heavy (non-hydrogen) atoms. The highest BCUT2D eigenvalue weighted by atomic mass is 79.9. The van der Waals surface area contributed by atoms with Gasteiger partial charge in [-0.3, -0.25) is 0 Å². The first kappa shape index (κ1) is 10.7. The van der Waals surface area contributed by atoms with Gasteiger partial charge in [-0.1, -0.05) is 0 Å². The van der Waals surface area contributed by atoms with Crippen LogP contribution in [0.25, 0.3) is 0 Å². The van der Waals surface area contributed by atoms with Gasteiger partial charge in [0.15, 0.2) is 5.69 Å². The second kappa shape index (κ2) is 4.72. The fourth-order valence-corrected chi connectivity index (χ4v) is 1.29. The van der Waals surface area contributed by atoms with Crippen LogP contribution >= 0.6 is 15.9 Å². The Morgan fingerprint density at radius 1 is 1.79 bits per heavy atom. The van der Waals surface area contributed by atoms with Crippen molar-refractivity contribution >= 4 is 21.9 Å². The number of aromatic nitrogens is 1. The van der Waals surface area contributed by atoms with Crippen LogP contribution in [0.4, 0.5) is 0 Å². The fourth-order valence-electron chi connectivity index (χ4n) is 0.899. The van der Waals surface area contributed by atoms with Crippen LogP contribution in [0.3, 0.4) is 0 Å². The lowest BCUT2D eigenvalue weighted by molar-refractivity contribution is 0.0519. The molecule has 72 valence electrons. The van der Waals surface area contributed by atoms with Gasteiger partial charge in [0, 0.05) is 10.7 Å². The van der Waals surface area contributed by atoms with E-state index in [1.54, 1.807) is 13.0 Å². The maximum Gasteiger partial charge on any atom is 0.358 e. The lowest BCUT2D eigenvalue weighted by atomic mass is 10.2. The summed E-state index contributed by atoms with van der Waals surface area (Å²) in [6.07, 6.45) is 1.44. The third-order valence-corrected chi connectivity index (χ3v) is 2.14. The molecule has 1 heterocycles. The predicted octanol–water partition coefficient (Wildman–Crippen LogP) is 1.89. The quantitative estimate of drug-likeness (QED) is 0.757. The van der Waals surface area contributed by atoms with E-state index in [1.165, 1.54) is 6.20 Å². The third-order valence-electron chi connectivity index (χ3n) is 1.48. The van der Waals surface area contributed by atoms with Crippen molar-refractivity contribution < 1.29 is 9.53 Å². The van der Waals surface area contributed by atoms with Gasteiger partial charge in [0.05, 0.1) is 12.2 Å². The number of nitrogens with zero attached hydrogens (tertiary/aromatic N) is 2. The number of hydrogen-bond acceptors (Lipinski definition) is 4. The highest BCUT2D eigenvalue weighted by molar-refractivity contribution is 9.10. The Balaban J connectivity index is 3.15. The zero-order valence-electron chi connectivity index (χ0n) is 7.45. The number of halogens is 1. The molecule has 0 saturated carbocycles. The Labute approximate surface area is 89.6 Å². The first-order chi connectivity index (χ1) is 6.70. The van der Waals surface area contributed by atoms with Crippen LogP contribution in [-0.4, -0.2) is 17.6 Å². The third kappa shape index (κ3) is 2.09. The van der Waals surface area contributed by atoms with E-state index in [-0.39, 0.29) is 17.9 Å². The molecule has 0 aromatic carbocycles. The summed E-state index contributed by atoms with van der Waals surface area (Å²) in [7, 11) is 0. The van der Waals surface area contributed by atoms with E-state index in [0.717, 1.165) is 0 Å². The molecular weight excluding hydrogens is 248 g/mol. The van der Waals surface area contributed by atoms with E-state index in [2.05, 4.69) is 20.9 Å². The maximum absolute atomic E-state index is 11.3. The number of pyridine rings is 1. The Bertz CT molecular complexity index is 398. The minimum Gasteiger partial charge on any atom is -0.461 e. The number of rotatable bonds is 2. The zero-order valence-corrected chi connectivity index (χ0v) is 9.04. The molecule has 0 saturated heterocycles. The van der Waals surface area contributed by atoms with Gasteiger partial charge in [0.1, 0.15) is 6.07 Å². The first-order valence-corrected chi connectivity index (χ1v) is 4.71. The Morgan fingerprint density at radius 3 is 3.07 bits per heavy atom. The van der Waals surface area contributed by atoms with Gasteiger partial charge in [0.2, 0.25) is 0 Å². The van der Waals surface area contributed by atoms with Crippen molar-refractivity contribution in [2.45, 2.75) is 6.92 Å². The molecule has 0 spiro atoms. The van der Waals surface area contributed by atoms with Crippen LogP contribution < -0.4 is 0 Å². The summed E-state index contributed by atoms with van der Waals surface area (Å²) >= 11 is 3.16. The van der Waals surface area contributed by atoms with Crippen molar-refractivity contribution in [1.29, 1.82) is 5.26 Å². The first-order valence-electron chi connectivity index (χ1n) is 3.92. The van der Waals surface area contributed by atoms with Crippen molar-refractivity contribution in [1.82, 2.24) is 4.98 Å². The molecule has 1 rings (SSSR count). The summed E-state index contributed by atoms with van der Waals surface area (Å²) in [6, 6.07) is 3.49. The summed E-state index contributed by atoms with van der Waals surface area (Å²) < 4.78 is 5.29. The van der Waals surface area contributed by atoms with E-state index >= 15 is 0 Å². The van der Waals surface area contributed by atoms with E-state index in [1.807, 2.05) is 6.07 Å². The summed E-state index contributed by atoms with van der Waals surface area (Å²) in [5.74, 6) is -0.578. The molecule has 1 aromatic heterocycles. The lowest BCUT2D eigenvalue weighted by Crippen LogP contribution is -2.09. The lowest BCUT2D eigenvalue weighted by Gasteiger charge is -2.03. The van der Waals surface area contributed by atoms with Crippen LogP contribution in [0, 0.1) is 11.3 Å². The SMILES string of the molecule is CCOC(=O)c1nccc(Br)c1C#N. The Hall–Kier alpha value is -1.41. The number of carbonyl (C=O) groups excluding carboxylic acids is 1. The zero-order chi connectivity index (χ0) is 10.6. The number of nitriles is 1. The highest BCUT2D eigenvalue weighted by Gasteiger charge is 2.16. The van der Waals surface area contributed by atoms with Gasteiger partial charge < -0.3 is 4.74 Å². The predicted molar refractivity (Wildman–Crippen MR) is 52.6 cm³/mol. The van der Waals surface area contributed by atoms with Crippen LogP contribution in [-0.2, 0) is 4.74 Å². The molecule has 0 aliphatic rings. The topological polar surface area (TPSA) is 63.0 Å². The van der Waals surface area contributed by atoms with Gasteiger partial charge in [0.25, 0.3) is 0 Å². The minimum atomic E-state index is -0.578. The van der Waals surface area contributed by atoms with E-state index in [0.29, 0.717) is 4.47 Å². The van der Waals surface area contributed by atoms with Crippen LogP contribution in [0.2, 0.25) is 0 Å². The fraction of sp³-hybridized carbons (Fsp3) is 0.222. The van der Waals surface area contributed by atoms with Gasteiger partial charge in [-0.15, -0.1) is 0 Å². The second-order valence-electron chi connectivity index (χ2n) is 2.35. The summed E-state index contributed by atoms with van der Waals surface area (Å²) in [4.78, 5) is 15.1. The molecule has 0 aliphatic carbocycles. The molecule has 0 N–H and O–H groups in total. The largest absolute Gasteiger partial charge is 0.461 e. The second-order valence-corrected chi connectivity index (χ2v) is 3.20. The van der Waals surface area contributed by atoms with E-state index in [9.17, 15) is 4.79 Å². The minimum absolute atomic E-state index is 0.0451. The van der Waals surface area contributed by atoms with Crippen LogP contribution in [0.1, 0.15) is 23.0 Å². The molecule has 4 nitrogen and oxygen atoms in total. The molecule has 0 atom stereocenters. The van der Waals surface area contributed by atoms with Crippen molar-refractivity contribution in [2.24, 2.45) is 0 Å². The number of ether oxygens (including phenoxy) is 1. The van der Waals surface area contributed by atoms with Crippen molar-refractivity contribution in [3.63, 3.8) is 0 Å². The van der Waals surface area contributed by atoms with Gasteiger partial charge >= 0.3 is 5.97 Å². The Morgan fingerprint density at radius 2 is 2.50 bits per heavy atom. The highest BCUT2D eigenvalue weighted by Crippen LogP contribution is 2.18. The molecule has 0 unspecified atom stereocenters. The summed E-state index contributed by atoms with van der Waals surface area (Å²) in [5.41, 5.74) is 0.245. The molecule has 1 aromatic rings. The van der Waals surface area contributed by atoms with E-state index in [4.69, 9.17) is 10.00 Å². The average Bonchev–Trinajstić information content (AvgIpc) is 2.17. The van der Waals surface area contributed by atoms with Crippen LogP contribution in [0.15, 0.2) is 16.7 Å². The Kier molecular flexibility index (Phi) is 3.60. The van der Waals surface area contributed by atoms with Crippen molar-refractivity contribution in [3.05, 3.63) is 28.0 Å². The summed E-state index contributed by atoms with van der Waals surface area (Å²) in [6.45, 7) is 1.96. The van der Waals surface area contributed by atoms with Gasteiger partial charge in [-0.25, -0.2) is 9.78 Å². The van der Waals surface area contributed by atoms with Gasteiger partial charge in [-0.05, 0) is 28.9 Å². The molecule has 0 bridgehead atoms. The van der Waals surface area contributed by atoms with Gasteiger partial charge in [-0.2, -0.15) is 5.26 Å².